The van der Waals surface area contributed by atoms with Gasteiger partial charge in [0.2, 0.25) is 0 Å². The van der Waals surface area contributed by atoms with E-state index in [4.69, 9.17) is 5.26 Å². The van der Waals surface area contributed by atoms with Gasteiger partial charge in [0.1, 0.15) is 0 Å². The molecule has 0 unspecified atom stereocenters. The third-order valence-electron chi connectivity index (χ3n) is 3.78. The number of aromatic amines is 1. The summed E-state index contributed by atoms with van der Waals surface area (Å²) in [6.45, 7) is 2.20. The molecule has 3 rings (SSSR count). The van der Waals surface area contributed by atoms with Crippen LogP contribution in [0.5, 0.6) is 0 Å². The molecule has 0 aliphatic carbocycles. The van der Waals surface area contributed by atoms with Crippen molar-refractivity contribution >= 4 is 11.8 Å². The van der Waals surface area contributed by atoms with Gasteiger partial charge < -0.3 is 4.98 Å². The lowest BCUT2D eigenvalue weighted by molar-refractivity contribution is 0.241. The molecule has 0 radical (unpaired) electrons. The highest BCUT2D eigenvalue weighted by atomic mass is 32.2. The van der Waals surface area contributed by atoms with Crippen LogP contribution in [0, 0.1) is 11.3 Å². The molecule has 6 heteroatoms. The maximum Gasteiger partial charge on any atom is 0.256 e. The molecule has 0 saturated heterocycles. The first-order chi connectivity index (χ1) is 10.7. The minimum atomic E-state index is -0.0372. The fourth-order valence-electron chi connectivity index (χ4n) is 2.69. The van der Waals surface area contributed by atoms with Crippen LogP contribution in [0.3, 0.4) is 0 Å². The molecule has 0 amide bonds. The summed E-state index contributed by atoms with van der Waals surface area (Å²) >= 11 is 1.45. The van der Waals surface area contributed by atoms with Gasteiger partial charge in [0.05, 0.1) is 22.9 Å². The van der Waals surface area contributed by atoms with Crippen LogP contribution in [0.15, 0.2) is 34.2 Å². The van der Waals surface area contributed by atoms with Crippen molar-refractivity contribution < 1.29 is 0 Å². The second-order valence-corrected chi connectivity index (χ2v) is 6.07. The smallest absolute Gasteiger partial charge is 0.256 e. The largest absolute Gasteiger partial charge is 0.301 e. The van der Waals surface area contributed by atoms with Crippen LogP contribution in [-0.2, 0) is 19.5 Å². The van der Waals surface area contributed by atoms with E-state index in [-0.39, 0.29) is 5.56 Å². The minimum absolute atomic E-state index is 0.0372. The van der Waals surface area contributed by atoms with Crippen molar-refractivity contribution in [2.24, 2.45) is 0 Å². The second-order valence-electron chi connectivity index (χ2n) is 5.27. The van der Waals surface area contributed by atoms with E-state index in [1.54, 1.807) is 6.07 Å². The Morgan fingerprint density at radius 2 is 2.36 bits per heavy atom. The van der Waals surface area contributed by atoms with Crippen LogP contribution >= 0.6 is 11.8 Å². The zero-order valence-electron chi connectivity index (χ0n) is 12.3. The van der Waals surface area contributed by atoms with Gasteiger partial charge in [-0.15, -0.1) is 0 Å². The Kier molecular flexibility index (Phi) is 4.27. The molecule has 22 heavy (non-hydrogen) atoms. The molecule has 1 N–H and O–H groups in total. The Morgan fingerprint density at radius 3 is 3.14 bits per heavy atom. The van der Waals surface area contributed by atoms with Gasteiger partial charge in [0.15, 0.2) is 5.16 Å². The summed E-state index contributed by atoms with van der Waals surface area (Å²) in [7, 11) is 0. The molecule has 0 bridgehead atoms. The fraction of sp³-hybridized carbons (Fsp3) is 0.312. The van der Waals surface area contributed by atoms with Crippen molar-refractivity contribution in [2.75, 3.05) is 12.8 Å². The zero-order chi connectivity index (χ0) is 15.5. The molecule has 1 aliphatic heterocycles. The van der Waals surface area contributed by atoms with Crippen molar-refractivity contribution in [3.8, 4) is 6.07 Å². The lowest BCUT2D eigenvalue weighted by atomic mass is 10.1. The molecule has 1 aromatic carbocycles. The monoisotopic (exact) mass is 312 g/mol. The van der Waals surface area contributed by atoms with Gasteiger partial charge in [-0.1, -0.05) is 23.9 Å². The van der Waals surface area contributed by atoms with Crippen molar-refractivity contribution in [3.05, 3.63) is 57.0 Å². The number of hydrogen-bond donors (Lipinski definition) is 1. The van der Waals surface area contributed by atoms with Crippen molar-refractivity contribution in [1.29, 1.82) is 5.26 Å². The molecule has 2 aromatic rings. The Labute approximate surface area is 133 Å². The summed E-state index contributed by atoms with van der Waals surface area (Å²) in [5, 5.41) is 9.64. The Hall–Kier alpha value is -2.10. The van der Waals surface area contributed by atoms with Gasteiger partial charge in [0.25, 0.3) is 5.56 Å². The summed E-state index contributed by atoms with van der Waals surface area (Å²) in [4.78, 5) is 21.7. The van der Waals surface area contributed by atoms with Gasteiger partial charge >= 0.3 is 0 Å². The molecule has 0 atom stereocenters. The number of hydrogen-bond acceptors (Lipinski definition) is 5. The number of rotatable bonds is 3. The van der Waals surface area contributed by atoms with E-state index in [0.717, 1.165) is 36.3 Å². The first-order valence-electron chi connectivity index (χ1n) is 7.07. The number of nitriles is 1. The molecule has 1 aromatic heterocycles. The van der Waals surface area contributed by atoms with Gasteiger partial charge in [-0.2, -0.15) is 5.26 Å². The molecule has 0 spiro atoms. The zero-order valence-corrected chi connectivity index (χ0v) is 13.1. The van der Waals surface area contributed by atoms with E-state index < -0.39 is 0 Å². The SMILES string of the molecule is CSc1nc2c(c(=O)[nH]1)CN(Cc1cccc(C#N)c1)CC2. The summed E-state index contributed by atoms with van der Waals surface area (Å²) in [5.41, 5.74) is 3.40. The van der Waals surface area contributed by atoms with Crippen molar-refractivity contribution in [2.45, 2.75) is 24.7 Å². The van der Waals surface area contributed by atoms with E-state index in [0.29, 0.717) is 17.3 Å². The highest BCUT2D eigenvalue weighted by Crippen LogP contribution is 2.18. The molecule has 0 saturated carbocycles. The third-order valence-corrected chi connectivity index (χ3v) is 4.36. The normalized spacial score (nSPS) is 14.4. The number of aromatic nitrogens is 2. The average Bonchev–Trinajstić information content (AvgIpc) is 2.55. The first-order valence-corrected chi connectivity index (χ1v) is 8.29. The fourth-order valence-corrected chi connectivity index (χ4v) is 3.08. The summed E-state index contributed by atoms with van der Waals surface area (Å²) in [6, 6.07) is 9.76. The Morgan fingerprint density at radius 1 is 1.50 bits per heavy atom. The maximum absolute atomic E-state index is 12.2. The highest BCUT2D eigenvalue weighted by Gasteiger charge is 2.21. The van der Waals surface area contributed by atoms with Gasteiger partial charge in [-0.05, 0) is 24.0 Å². The summed E-state index contributed by atoms with van der Waals surface area (Å²) in [6.07, 6.45) is 2.69. The molecular formula is C16H16N4OS. The van der Waals surface area contributed by atoms with Gasteiger partial charge in [-0.25, -0.2) is 4.98 Å². The Balaban J connectivity index is 1.80. The number of H-pyrrole nitrogens is 1. The van der Waals surface area contributed by atoms with E-state index in [1.807, 2.05) is 24.5 Å². The summed E-state index contributed by atoms with van der Waals surface area (Å²) < 4.78 is 0. The third kappa shape index (κ3) is 3.06. The molecular weight excluding hydrogens is 296 g/mol. The van der Waals surface area contributed by atoms with E-state index in [2.05, 4.69) is 20.9 Å². The van der Waals surface area contributed by atoms with E-state index in [1.165, 1.54) is 11.8 Å². The van der Waals surface area contributed by atoms with E-state index in [9.17, 15) is 4.79 Å². The lowest BCUT2D eigenvalue weighted by Crippen LogP contribution is -2.35. The van der Waals surface area contributed by atoms with Crippen LogP contribution in [-0.4, -0.2) is 27.7 Å². The summed E-state index contributed by atoms with van der Waals surface area (Å²) in [5.74, 6) is 0. The standard InChI is InChI=1S/C16H16N4OS/c1-22-16-18-14-5-6-20(10-13(14)15(21)19-16)9-12-4-2-3-11(7-12)8-17/h2-4,7H,5-6,9-10H2,1H3,(H,18,19,21). The van der Waals surface area contributed by atoms with Crippen LogP contribution in [0.4, 0.5) is 0 Å². The predicted molar refractivity (Wildman–Crippen MR) is 85.6 cm³/mol. The van der Waals surface area contributed by atoms with Crippen molar-refractivity contribution in [3.63, 3.8) is 0 Å². The maximum atomic E-state index is 12.2. The van der Waals surface area contributed by atoms with Crippen LogP contribution < -0.4 is 5.56 Å². The topological polar surface area (TPSA) is 72.8 Å². The van der Waals surface area contributed by atoms with Crippen molar-refractivity contribution in [1.82, 2.24) is 14.9 Å². The average molecular weight is 312 g/mol. The van der Waals surface area contributed by atoms with Crippen LogP contribution in [0.25, 0.3) is 0 Å². The van der Waals surface area contributed by atoms with Gasteiger partial charge in [0, 0.05) is 26.1 Å². The number of fused-ring (bicyclic) bond motifs is 1. The molecule has 112 valence electrons. The second kappa shape index (κ2) is 6.34. The van der Waals surface area contributed by atoms with Crippen LogP contribution in [0.1, 0.15) is 22.4 Å². The van der Waals surface area contributed by atoms with Crippen LogP contribution in [0.2, 0.25) is 0 Å². The minimum Gasteiger partial charge on any atom is -0.301 e. The number of nitrogens with one attached hydrogen (secondary N) is 1. The quantitative estimate of drug-likeness (QED) is 0.692. The number of nitrogens with zero attached hydrogens (tertiary/aromatic N) is 3. The predicted octanol–water partition coefficient (Wildman–Crippen LogP) is 1.92. The molecule has 0 fully saturated rings. The lowest BCUT2D eigenvalue weighted by Gasteiger charge is -2.27. The molecule has 5 nitrogen and oxygen atoms in total. The number of thioether (sulfide) groups is 1. The van der Waals surface area contributed by atoms with E-state index >= 15 is 0 Å². The Bertz CT molecular complexity index is 793. The first kappa shape index (κ1) is 14.8. The molecule has 2 heterocycles. The number of benzene rings is 1. The molecule has 1 aliphatic rings. The van der Waals surface area contributed by atoms with Gasteiger partial charge in [-0.3, -0.25) is 9.69 Å². The highest BCUT2D eigenvalue weighted by molar-refractivity contribution is 7.98.